The molecule has 0 aliphatic rings. The lowest BCUT2D eigenvalue weighted by atomic mass is 10.1. The summed E-state index contributed by atoms with van der Waals surface area (Å²) >= 11 is 0. The van der Waals surface area contributed by atoms with Crippen LogP contribution in [0.4, 0.5) is 5.69 Å². The first-order valence-electron chi connectivity index (χ1n) is 11.3. The molecule has 0 saturated carbocycles. The highest BCUT2D eigenvalue weighted by Crippen LogP contribution is 2.29. The number of carbonyl (C=O) groups excluding carboxylic acids is 2. The van der Waals surface area contributed by atoms with E-state index < -0.39 is 0 Å². The van der Waals surface area contributed by atoms with Gasteiger partial charge in [-0.1, -0.05) is 18.2 Å². The van der Waals surface area contributed by atoms with E-state index in [-0.39, 0.29) is 18.4 Å². The van der Waals surface area contributed by atoms with Crippen molar-refractivity contribution < 1.29 is 28.5 Å². The van der Waals surface area contributed by atoms with Gasteiger partial charge in [-0.25, -0.2) is 0 Å². The van der Waals surface area contributed by atoms with Gasteiger partial charge >= 0.3 is 0 Å². The van der Waals surface area contributed by atoms with E-state index in [2.05, 4.69) is 5.32 Å². The maximum absolute atomic E-state index is 12.8. The van der Waals surface area contributed by atoms with E-state index in [4.69, 9.17) is 18.9 Å². The summed E-state index contributed by atoms with van der Waals surface area (Å²) in [6.45, 7) is 2.95. The first kappa shape index (κ1) is 25.4. The number of amides is 2. The van der Waals surface area contributed by atoms with Crippen LogP contribution in [0, 0.1) is 0 Å². The van der Waals surface area contributed by atoms with E-state index in [0.29, 0.717) is 48.3 Å². The Labute approximate surface area is 205 Å². The lowest BCUT2D eigenvalue weighted by molar-refractivity contribution is -0.130. The SMILES string of the molecule is CCOc1cc(C(=O)Nc2ccc(OCC(=O)N(C)C)cc2)ccc1OCCOc1ccccc1. The largest absolute Gasteiger partial charge is 0.490 e. The summed E-state index contributed by atoms with van der Waals surface area (Å²) in [6, 6.07) is 21.3. The van der Waals surface area contributed by atoms with E-state index in [1.54, 1.807) is 56.6 Å². The average Bonchev–Trinajstić information content (AvgIpc) is 2.87. The molecule has 3 aromatic rings. The second-order valence-corrected chi connectivity index (χ2v) is 7.66. The Morgan fingerprint density at radius 1 is 0.771 bits per heavy atom. The molecule has 3 rings (SSSR count). The van der Waals surface area contributed by atoms with Gasteiger partial charge in [0.15, 0.2) is 18.1 Å². The Kier molecular flexibility index (Phi) is 9.36. The number of hydrogen-bond acceptors (Lipinski definition) is 6. The molecule has 0 atom stereocenters. The molecular formula is C27H30N2O6. The van der Waals surface area contributed by atoms with Crippen LogP contribution in [0.25, 0.3) is 0 Å². The van der Waals surface area contributed by atoms with E-state index in [1.165, 1.54) is 4.90 Å². The third-order valence-electron chi connectivity index (χ3n) is 4.83. The third-order valence-corrected chi connectivity index (χ3v) is 4.83. The zero-order chi connectivity index (χ0) is 25.0. The van der Waals surface area contributed by atoms with Crippen molar-refractivity contribution in [2.45, 2.75) is 6.92 Å². The number of nitrogens with one attached hydrogen (secondary N) is 1. The Hall–Kier alpha value is -4.20. The van der Waals surface area contributed by atoms with Gasteiger partial charge < -0.3 is 29.2 Å². The first-order chi connectivity index (χ1) is 17.0. The molecule has 8 heteroatoms. The summed E-state index contributed by atoms with van der Waals surface area (Å²) in [5.41, 5.74) is 1.02. The molecule has 0 aliphatic heterocycles. The minimum absolute atomic E-state index is 0.0499. The van der Waals surface area contributed by atoms with E-state index >= 15 is 0 Å². The molecule has 0 aromatic heterocycles. The first-order valence-corrected chi connectivity index (χ1v) is 11.3. The molecule has 0 bridgehead atoms. The minimum atomic E-state index is -0.290. The number of hydrogen-bond donors (Lipinski definition) is 1. The molecule has 0 spiro atoms. The topological polar surface area (TPSA) is 86.3 Å². The van der Waals surface area contributed by atoms with Gasteiger partial charge in [0.2, 0.25) is 0 Å². The van der Waals surface area contributed by atoms with Gasteiger partial charge in [0.1, 0.15) is 24.7 Å². The summed E-state index contributed by atoms with van der Waals surface area (Å²) in [4.78, 5) is 25.9. The minimum Gasteiger partial charge on any atom is -0.490 e. The molecule has 0 saturated heterocycles. The molecule has 0 unspecified atom stereocenters. The van der Waals surface area contributed by atoms with Crippen LogP contribution in [0.15, 0.2) is 72.8 Å². The summed E-state index contributed by atoms with van der Waals surface area (Å²) in [7, 11) is 3.33. The van der Waals surface area contributed by atoms with Gasteiger partial charge in [0.25, 0.3) is 11.8 Å². The van der Waals surface area contributed by atoms with Crippen molar-refractivity contribution in [3.63, 3.8) is 0 Å². The average molecular weight is 479 g/mol. The highest BCUT2D eigenvalue weighted by molar-refractivity contribution is 6.04. The number of benzene rings is 3. The van der Waals surface area contributed by atoms with Gasteiger partial charge in [-0.15, -0.1) is 0 Å². The fraction of sp³-hybridized carbons (Fsp3) is 0.259. The number of nitrogens with zero attached hydrogens (tertiary/aromatic N) is 1. The zero-order valence-electron chi connectivity index (χ0n) is 20.2. The number of rotatable bonds is 12. The third kappa shape index (κ3) is 7.96. The quantitative estimate of drug-likeness (QED) is 0.392. The molecule has 184 valence electrons. The van der Waals surface area contributed by atoms with E-state index in [9.17, 15) is 9.59 Å². The molecule has 0 radical (unpaired) electrons. The summed E-state index contributed by atoms with van der Waals surface area (Å²) in [6.07, 6.45) is 0. The van der Waals surface area contributed by atoms with Crippen LogP contribution in [0.5, 0.6) is 23.0 Å². The molecular weight excluding hydrogens is 448 g/mol. The number of carbonyl (C=O) groups is 2. The molecule has 0 heterocycles. The van der Waals surface area contributed by atoms with Crippen molar-refractivity contribution in [2.75, 3.05) is 45.8 Å². The van der Waals surface area contributed by atoms with Gasteiger partial charge in [-0.2, -0.15) is 0 Å². The smallest absolute Gasteiger partial charge is 0.259 e. The fourth-order valence-electron chi connectivity index (χ4n) is 2.98. The van der Waals surface area contributed by atoms with Crippen molar-refractivity contribution in [3.8, 4) is 23.0 Å². The van der Waals surface area contributed by atoms with Crippen molar-refractivity contribution in [3.05, 3.63) is 78.4 Å². The molecule has 35 heavy (non-hydrogen) atoms. The normalized spacial score (nSPS) is 10.3. The summed E-state index contributed by atoms with van der Waals surface area (Å²) in [5.74, 6) is 1.90. The molecule has 8 nitrogen and oxygen atoms in total. The van der Waals surface area contributed by atoms with Crippen molar-refractivity contribution in [1.29, 1.82) is 0 Å². The molecule has 1 N–H and O–H groups in total. The van der Waals surface area contributed by atoms with Crippen molar-refractivity contribution >= 4 is 17.5 Å². The second-order valence-electron chi connectivity index (χ2n) is 7.66. The van der Waals surface area contributed by atoms with Crippen LogP contribution < -0.4 is 24.3 Å². The summed E-state index contributed by atoms with van der Waals surface area (Å²) in [5, 5.41) is 2.84. The lowest BCUT2D eigenvalue weighted by Crippen LogP contribution is -2.27. The van der Waals surface area contributed by atoms with Crippen LogP contribution in [0.2, 0.25) is 0 Å². The number of anilines is 1. The number of ether oxygens (including phenoxy) is 4. The van der Waals surface area contributed by atoms with Gasteiger partial charge in [-0.05, 0) is 61.5 Å². The molecule has 0 fully saturated rings. The Morgan fingerprint density at radius 2 is 1.46 bits per heavy atom. The Bertz CT molecular complexity index is 1100. The highest BCUT2D eigenvalue weighted by atomic mass is 16.5. The van der Waals surface area contributed by atoms with Crippen LogP contribution in [-0.4, -0.2) is 57.2 Å². The molecule has 2 amide bonds. The summed E-state index contributed by atoms with van der Waals surface area (Å²) < 4.78 is 22.6. The number of para-hydroxylation sites is 1. The molecule has 0 aliphatic carbocycles. The predicted molar refractivity (Wildman–Crippen MR) is 134 cm³/mol. The van der Waals surface area contributed by atoms with Crippen LogP contribution >= 0.6 is 0 Å². The second kappa shape index (κ2) is 12.9. The van der Waals surface area contributed by atoms with Crippen molar-refractivity contribution in [2.24, 2.45) is 0 Å². The van der Waals surface area contributed by atoms with Gasteiger partial charge in [0, 0.05) is 25.3 Å². The lowest BCUT2D eigenvalue weighted by Gasteiger charge is -2.14. The van der Waals surface area contributed by atoms with Crippen LogP contribution in [0.3, 0.4) is 0 Å². The van der Waals surface area contributed by atoms with E-state index in [1.807, 2.05) is 37.3 Å². The highest BCUT2D eigenvalue weighted by Gasteiger charge is 2.13. The monoisotopic (exact) mass is 478 g/mol. The van der Waals surface area contributed by atoms with Crippen LogP contribution in [-0.2, 0) is 4.79 Å². The van der Waals surface area contributed by atoms with Gasteiger partial charge in [0.05, 0.1) is 6.61 Å². The van der Waals surface area contributed by atoms with Gasteiger partial charge in [-0.3, -0.25) is 9.59 Å². The number of likely N-dealkylation sites (N-methyl/N-ethyl adjacent to an activating group) is 1. The Balaban J connectivity index is 1.55. The van der Waals surface area contributed by atoms with Crippen LogP contribution in [0.1, 0.15) is 17.3 Å². The van der Waals surface area contributed by atoms with Crippen molar-refractivity contribution in [1.82, 2.24) is 4.90 Å². The maximum Gasteiger partial charge on any atom is 0.259 e. The van der Waals surface area contributed by atoms with E-state index in [0.717, 1.165) is 5.75 Å². The fourth-order valence-corrected chi connectivity index (χ4v) is 2.98. The standard InChI is InChI=1S/C27H30N2O6/c1-4-32-25-18-20(10-15-24(25)34-17-16-33-22-8-6-5-7-9-22)27(31)28-21-11-13-23(14-12-21)35-19-26(30)29(2)3/h5-15,18H,4,16-17,19H2,1-3H3,(H,28,31). The predicted octanol–water partition coefficient (Wildman–Crippen LogP) is 4.26. The Morgan fingerprint density at radius 3 is 2.14 bits per heavy atom. The maximum atomic E-state index is 12.8. The molecule has 3 aromatic carbocycles. The zero-order valence-corrected chi connectivity index (χ0v) is 20.2.